The first kappa shape index (κ1) is 11.5. The number of nitrogens with two attached hydrogens (primary N) is 1. The van der Waals surface area contributed by atoms with Crippen LogP contribution in [0.1, 0.15) is 16.7 Å². The van der Waals surface area contributed by atoms with Gasteiger partial charge in [0.15, 0.2) is 5.82 Å². The normalized spacial score (nSPS) is 23.6. The van der Waals surface area contributed by atoms with Gasteiger partial charge in [-0.2, -0.15) is 5.26 Å². The summed E-state index contributed by atoms with van der Waals surface area (Å²) in [6.45, 7) is 1.91. The Hall–Kier alpha value is -2.58. The van der Waals surface area contributed by atoms with E-state index < -0.39 is 5.54 Å². The zero-order chi connectivity index (χ0) is 13.5. The van der Waals surface area contributed by atoms with Gasteiger partial charge >= 0.3 is 0 Å². The van der Waals surface area contributed by atoms with Gasteiger partial charge in [0.2, 0.25) is 0 Å². The largest absolute Gasteiger partial charge is 0.315 e. The summed E-state index contributed by atoms with van der Waals surface area (Å²) in [6, 6.07) is 7.79. The minimum absolute atomic E-state index is 0.668. The van der Waals surface area contributed by atoms with Gasteiger partial charge < -0.3 is 5.73 Å². The Bertz CT molecular complexity index is 665. The number of fused-ring (bicyclic) bond motifs is 1. The Labute approximate surface area is 111 Å². The van der Waals surface area contributed by atoms with Gasteiger partial charge in [-0.05, 0) is 36.3 Å². The van der Waals surface area contributed by atoms with Gasteiger partial charge in [0.05, 0.1) is 17.2 Å². The first-order valence-electron chi connectivity index (χ1n) is 5.93. The Balaban J connectivity index is 2.04. The maximum absolute atomic E-state index is 8.97. The van der Waals surface area contributed by atoms with E-state index in [-0.39, 0.29) is 0 Å². The predicted octanol–water partition coefficient (Wildman–Crippen LogP) is 1.24. The molecule has 1 unspecified atom stereocenters. The van der Waals surface area contributed by atoms with Crippen molar-refractivity contribution in [2.24, 2.45) is 10.7 Å². The highest BCUT2D eigenvalue weighted by Gasteiger charge is 2.29. The van der Waals surface area contributed by atoms with Crippen molar-refractivity contribution in [1.29, 1.82) is 5.26 Å². The van der Waals surface area contributed by atoms with Gasteiger partial charge in [0.25, 0.3) is 0 Å². The average Bonchev–Trinajstić information content (AvgIpc) is 2.85. The maximum Gasteiger partial charge on any atom is 0.151 e. The van der Waals surface area contributed by atoms with E-state index in [0.29, 0.717) is 5.56 Å². The molecular formula is C14H13N5. The number of aliphatic imine (C=N–C) groups is 1. The Morgan fingerprint density at radius 3 is 3.05 bits per heavy atom. The number of hydrogen-bond donors (Lipinski definition) is 2. The van der Waals surface area contributed by atoms with Gasteiger partial charge in [-0.1, -0.05) is 12.1 Å². The molecular weight excluding hydrogens is 238 g/mol. The summed E-state index contributed by atoms with van der Waals surface area (Å²) in [4.78, 5) is 4.20. The van der Waals surface area contributed by atoms with E-state index in [0.717, 1.165) is 16.9 Å². The molecule has 19 heavy (non-hydrogen) atoms. The van der Waals surface area contributed by atoms with Crippen LogP contribution in [0, 0.1) is 18.3 Å². The summed E-state index contributed by atoms with van der Waals surface area (Å²) in [5, 5.41) is 10.8. The Kier molecular flexibility index (Phi) is 2.40. The van der Waals surface area contributed by atoms with Crippen molar-refractivity contribution in [2.75, 3.05) is 0 Å². The fourth-order valence-corrected chi connectivity index (χ4v) is 2.21. The number of hydrogen-bond acceptors (Lipinski definition) is 5. The van der Waals surface area contributed by atoms with E-state index in [1.165, 1.54) is 0 Å². The molecule has 2 aliphatic rings. The number of benzene rings is 1. The van der Waals surface area contributed by atoms with E-state index in [1.54, 1.807) is 17.4 Å². The van der Waals surface area contributed by atoms with Crippen LogP contribution in [0.15, 0.2) is 47.4 Å². The number of nitrogens with zero attached hydrogens (tertiary/aromatic N) is 3. The molecule has 1 aromatic carbocycles. The number of nitriles is 1. The third kappa shape index (κ3) is 1.79. The molecule has 1 aromatic rings. The molecule has 5 heteroatoms. The van der Waals surface area contributed by atoms with Crippen molar-refractivity contribution in [3.8, 4) is 6.07 Å². The highest BCUT2D eigenvalue weighted by Crippen LogP contribution is 2.30. The maximum atomic E-state index is 8.97. The SMILES string of the molecule is Cc1cc(C2(N)C=CN3NC=NC3=C2)ccc1C#N. The highest BCUT2D eigenvalue weighted by atomic mass is 15.6. The lowest BCUT2D eigenvalue weighted by atomic mass is 9.87. The van der Waals surface area contributed by atoms with E-state index in [4.69, 9.17) is 11.0 Å². The zero-order valence-electron chi connectivity index (χ0n) is 10.5. The first-order chi connectivity index (χ1) is 9.12. The van der Waals surface area contributed by atoms with Crippen LogP contribution in [0.3, 0.4) is 0 Å². The fourth-order valence-electron chi connectivity index (χ4n) is 2.21. The van der Waals surface area contributed by atoms with Crippen LogP contribution in [0.25, 0.3) is 0 Å². The molecule has 3 rings (SSSR count). The minimum atomic E-state index is -0.700. The van der Waals surface area contributed by atoms with E-state index in [2.05, 4.69) is 16.5 Å². The standard InChI is InChI=1S/C14H13N5/c1-10-6-12(3-2-11(10)8-15)14(16)4-5-19-13(7-14)17-9-18-19/h2-7,9H,16H2,1H3,(H,17,18). The third-order valence-corrected chi connectivity index (χ3v) is 3.35. The van der Waals surface area contributed by atoms with Crippen molar-refractivity contribution in [3.63, 3.8) is 0 Å². The van der Waals surface area contributed by atoms with Crippen molar-refractivity contribution in [1.82, 2.24) is 10.4 Å². The monoisotopic (exact) mass is 251 g/mol. The number of aryl methyl sites for hydroxylation is 1. The Morgan fingerprint density at radius 2 is 2.32 bits per heavy atom. The number of hydrazine groups is 1. The van der Waals surface area contributed by atoms with E-state index >= 15 is 0 Å². The fraction of sp³-hybridized carbons (Fsp3) is 0.143. The van der Waals surface area contributed by atoms with Crippen molar-refractivity contribution in [3.05, 3.63) is 59.1 Å². The predicted molar refractivity (Wildman–Crippen MR) is 72.4 cm³/mol. The first-order valence-corrected chi connectivity index (χ1v) is 5.93. The van der Waals surface area contributed by atoms with Crippen LogP contribution in [0.2, 0.25) is 0 Å². The van der Waals surface area contributed by atoms with E-state index in [9.17, 15) is 0 Å². The molecule has 2 aliphatic heterocycles. The lowest BCUT2D eigenvalue weighted by Gasteiger charge is -2.29. The summed E-state index contributed by atoms with van der Waals surface area (Å²) in [5.74, 6) is 0.770. The third-order valence-electron chi connectivity index (χ3n) is 3.35. The molecule has 94 valence electrons. The molecule has 0 aromatic heterocycles. The molecule has 0 fully saturated rings. The molecule has 5 nitrogen and oxygen atoms in total. The summed E-state index contributed by atoms with van der Waals surface area (Å²) >= 11 is 0. The second kappa shape index (κ2) is 3.97. The second-order valence-electron chi connectivity index (χ2n) is 4.65. The smallest absolute Gasteiger partial charge is 0.151 e. The van der Waals surface area contributed by atoms with Gasteiger partial charge in [0.1, 0.15) is 6.34 Å². The summed E-state index contributed by atoms with van der Waals surface area (Å²) < 4.78 is 0. The van der Waals surface area contributed by atoms with Crippen molar-refractivity contribution >= 4 is 6.34 Å². The lowest BCUT2D eigenvalue weighted by molar-refractivity contribution is 0.419. The number of rotatable bonds is 1. The quantitative estimate of drug-likeness (QED) is 0.787. The summed E-state index contributed by atoms with van der Waals surface area (Å²) in [5.41, 5.74) is 11.2. The lowest BCUT2D eigenvalue weighted by Crippen LogP contribution is -2.38. The van der Waals surface area contributed by atoms with Crippen LogP contribution in [-0.2, 0) is 5.54 Å². The zero-order valence-corrected chi connectivity index (χ0v) is 10.5. The molecule has 1 atom stereocenters. The van der Waals surface area contributed by atoms with Crippen LogP contribution in [0.5, 0.6) is 0 Å². The van der Waals surface area contributed by atoms with Crippen molar-refractivity contribution < 1.29 is 0 Å². The number of nitrogens with one attached hydrogen (secondary N) is 1. The molecule has 0 bridgehead atoms. The van der Waals surface area contributed by atoms with Gasteiger partial charge in [-0.3, -0.25) is 5.43 Å². The molecule has 0 amide bonds. The van der Waals surface area contributed by atoms with Gasteiger partial charge in [0, 0.05) is 6.20 Å². The molecule has 0 aliphatic carbocycles. The summed E-state index contributed by atoms with van der Waals surface area (Å²) in [7, 11) is 0. The average molecular weight is 251 g/mol. The molecule has 3 N–H and O–H groups in total. The molecule has 0 saturated heterocycles. The molecule has 2 heterocycles. The molecule has 0 saturated carbocycles. The van der Waals surface area contributed by atoms with Crippen LogP contribution >= 0.6 is 0 Å². The van der Waals surface area contributed by atoms with Crippen LogP contribution in [0.4, 0.5) is 0 Å². The second-order valence-corrected chi connectivity index (χ2v) is 4.65. The summed E-state index contributed by atoms with van der Waals surface area (Å²) in [6.07, 6.45) is 7.27. The highest BCUT2D eigenvalue weighted by molar-refractivity contribution is 5.60. The van der Waals surface area contributed by atoms with Crippen LogP contribution < -0.4 is 11.2 Å². The minimum Gasteiger partial charge on any atom is -0.315 e. The molecule has 0 spiro atoms. The van der Waals surface area contributed by atoms with Gasteiger partial charge in [-0.25, -0.2) is 10.0 Å². The van der Waals surface area contributed by atoms with Crippen LogP contribution in [-0.4, -0.2) is 11.3 Å². The van der Waals surface area contributed by atoms with Crippen molar-refractivity contribution in [2.45, 2.75) is 12.5 Å². The topological polar surface area (TPSA) is 77.4 Å². The van der Waals surface area contributed by atoms with Gasteiger partial charge in [-0.15, -0.1) is 0 Å². The van der Waals surface area contributed by atoms with E-state index in [1.807, 2.05) is 37.4 Å². The Morgan fingerprint density at radius 1 is 1.47 bits per heavy atom. The molecule has 0 radical (unpaired) electrons.